The lowest BCUT2D eigenvalue weighted by Gasteiger charge is -2.07. The highest BCUT2D eigenvalue weighted by atomic mass is 19.1. The summed E-state index contributed by atoms with van der Waals surface area (Å²) in [5, 5.41) is 7.09. The highest BCUT2D eigenvalue weighted by Crippen LogP contribution is 2.20. The van der Waals surface area contributed by atoms with Gasteiger partial charge in [0.25, 0.3) is 5.91 Å². The maximum atomic E-state index is 13.1. The number of nitrogens with one attached hydrogen (secondary N) is 1. The van der Waals surface area contributed by atoms with E-state index in [0.717, 1.165) is 24.0 Å². The molecule has 7 nitrogen and oxygen atoms in total. The molecule has 2 aromatic carbocycles. The zero-order valence-corrected chi connectivity index (χ0v) is 15.6. The standard InChI is InChI=1S/C20H19FN6O/c1-3-12-26-17-7-5-4-6-16(17)23-20(26)24-19(28)18-22-13(2)27(25-18)15-10-8-14(21)9-11-15/h4-11H,3,12H2,1-2H3,(H,23,24,28). The molecule has 4 aromatic rings. The second-order valence-corrected chi connectivity index (χ2v) is 6.40. The van der Waals surface area contributed by atoms with Crippen molar-refractivity contribution in [2.45, 2.75) is 26.8 Å². The first-order valence-electron chi connectivity index (χ1n) is 9.03. The Hall–Kier alpha value is -3.55. The van der Waals surface area contributed by atoms with Crippen molar-refractivity contribution in [3.63, 3.8) is 0 Å². The molecular weight excluding hydrogens is 359 g/mol. The third kappa shape index (κ3) is 3.24. The van der Waals surface area contributed by atoms with Crippen molar-refractivity contribution < 1.29 is 9.18 Å². The van der Waals surface area contributed by atoms with E-state index >= 15 is 0 Å². The lowest BCUT2D eigenvalue weighted by Crippen LogP contribution is -2.18. The van der Waals surface area contributed by atoms with Gasteiger partial charge in [-0.15, -0.1) is 5.10 Å². The minimum Gasteiger partial charge on any atom is -0.310 e. The molecule has 4 rings (SSSR count). The van der Waals surface area contributed by atoms with E-state index in [1.54, 1.807) is 19.1 Å². The number of aryl methyl sites for hydroxylation is 2. The van der Waals surface area contributed by atoms with Gasteiger partial charge in [-0.05, 0) is 49.7 Å². The number of aromatic nitrogens is 5. The fourth-order valence-corrected chi connectivity index (χ4v) is 3.09. The molecule has 0 spiro atoms. The van der Waals surface area contributed by atoms with Gasteiger partial charge in [0.15, 0.2) is 0 Å². The first kappa shape index (κ1) is 17.8. The first-order valence-corrected chi connectivity index (χ1v) is 9.03. The Bertz CT molecular complexity index is 1150. The number of rotatable bonds is 5. The predicted octanol–water partition coefficient (Wildman–Crippen LogP) is 3.73. The highest BCUT2D eigenvalue weighted by Gasteiger charge is 2.19. The van der Waals surface area contributed by atoms with Crippen LogP contribution in [0, 0.1) is 12.7 Å². The second-order valence-electron chi connectivity index (χ2n) is 6.40. The Morgan fingerprint density at radius 1 is 1.11 bits per heavy atom. The topological polar surface area (TPSA) is 77.6 Å². The molecule has 0 radical (unpaired) electrons. The van der Waals surface area contributed by atoms with Crippen LogP contribution in [0.15, 0.2) is 48.5 Å². The lowest BCUT2D eigenvalue weighted by molar-refractivity contribution is 0.101. The van der Waals surface area contributed by atoms with Crippen LogP contribution >= 0.6 is 0 Å². The van der Waals surface area contributed by atoms with E-state index in [4.69, 9.17) is 0 Å². The van der Waals surface area contributed by atoms with Crippen molar-refractivity contribution in [1.82, 2.24) is 24.3 Å². The molecule has 142 valence electrons. The van der Waals surface area contributed by atoms with Crippen LogP contribution in [0.2, 0.25) is 0 Å². The van der Waals surface area contributed by atoms with E-state index in [-0.39, 0.29) is 11.6 Å². The van der Waals surface area contributed by atoms with E-state index in [1.165, 1.54) is 16.8 Å². The predicted molar refractivity (Wildman–Crippen MR) is 104 cm³/mol. The molecule has 0 saturated heterocycles. The van der Waals surface area contributed by atoms with E-state index in [1.807, 2.05) is 28.8 Å². The monoisotopic (exact) mass is 378 g/mol. The maximum Gasteiger partial charge on any atom is 0.297 e. The van der Waals surface area contributed by atoms with Gasteiger partial charge >= 0.3 is 0 Å². The molecule has 8 heteroatoms. The molecule has 2 heterocycles. The molecule has 1 amide bonds. The van der Waals surface area contributed by atoms with Crippen molar-refractivity contribution in [2.24, 2.45) is 0 Å². The Morgan fingerprint density at radius 2 is 1.86 bits per heavy atom. The smallest absolute Gasteiger partial charge is 0.297 e. The molecular formula is C20H19FN6O. The number of nitrogens with zero attached hydrogens (tertiary/aromatic N) is 5. The van der Waals surface area contributed by atoms with Crippen molar-refractivity contribution in [2.75, 3.05) is 5.32 Å². The summed E-state index contributed by atoms with van der Waals surface area (Å²) in [4.78, 5) is 21.5. The minimum atomic E-state index is -0.448. The van der Waals surface area contributed by atoms with Crippen LogP contribution < -0.4 is 5.32 Å². The van der Waals surface area contributed by atoms with E-state index in [9.17, 15) is 9.18 Å². The maximum absolute atomic E-state index is 13.1. The van der Waals surface area contributed by atoms with Gasteiger partial charge in [0.2, 0.25) is 11.8 Å². The number of hydrogen-bond acceptors (Lipinski definition) is 4. The number of amides is 1. The van der Waals surface area contributed by atoms with Gasteiger partial charge in [0, 0.05) is 6.54 Å². The number of carbonyl (C=O) groups is 1. The summed E-state index contributed by atoms with van der Waals surface area (Å²) in [6.45, 7) is 4.53. The number of imidazole rings is 1. The molecule has 0 aliphatic heterocycles. The molecule has 0 aliphatic carbocycles. The largest absolute Gasteiger partial charge is 0.310 e. The average Bonchev–Trinajstić information content (AvgIpc) is 3.24. The number of halogens is 1. The second kappa shape index (κ2) is 7.22. The van der Waals surface area contributed by atoms with Gasteiger partial charge in [0.05, 0.1) is 16.7 Å². The van der Waals surface area contributed by atoms with Gasteiger partial charge in [-0.2, -0.15) is 0 Å². The number of hydrogen-bond donors (Lipinski definition) is 1. The summed E-state index contributed by atoms with van der Waals surface area (Å²) in [6.07, 6.45) is 0.903. The summed E-state index contributed by atoms with van der Waals surface area (Å²) < 4.78 is 16.6. The minimum absolute atomic E-state index is 0.0249. The quantitative estimate of drug-likeness (QED) is 0.574. The zero-order chi connectivity index (χ0) is 19.7. The molecule has 0 fully saturated rings. The van der Waals surface area contributed by atoms with Crippen LogP contribution in [0.25, 0.3) is 16.7 Å². The zero-order valence-electron chi connectivity index (χ0n) is 15.6. The van der Waals surface area contributed by atoms with Crippen LogP contribution in [0.1, 0.15) is 29.8 Å². The van der Waals surface area contributed by atoms with Gasteiger partial charge in [-0.3, -0.25) is 10.1 Å². The lowest BCUT2D eigenvalue weighted by atomic mass is 10.3. The Kier molecular flexibility index (Phi) is 4.60. The Balaban J connectivity index is 1.64. The van der Waals surface area contributed by atoms with E-state index < -0.39 is 5.91 Å². The van der Waals surface area contributed by atoms with Crippen LogP contribution in [-0.4, -0.2) is 30.2 Å². The molecule has 28 heavy (non-hydrogen) atoms. The fraction of sp³-hybridized carbons (Fsp3) is 0.200. The van der Waals surface area contributed by atoms with Crippen LogP contribution in [0.3, 0.4) is 0 Å². The van der Waals surface area contributed by atoms with E-state index in [0.29, 0.717) is 17.5 Å². The number of carbonyl (C=O) groups excluding carboxylic acids is 1. The van der Waals surface area contributed by atoms with Crippen LogP contribution in [0.4, 0.5) is 10.3 Å². The Morgan fingerprint density at radius 3 is 2.61 bits per heavy atom. The van der Waals surface area contributed by atoms with Crippen molar-refractivity contribution in [3.8, 4) is 5.69 Å². The van der Waals surface area contributed by atoms with E-state index in [2.05, 4.69) is 27.3 Å². The highest BCUT2D eigenvalue weighted by molar-refractivity contribution is 6.01. The molecule has 0 unspecified atom stereocenters. The van der Waals surface area contributed by atoms with Gasteiger partial charge in [0.1, 0.15) is 11.6 Å². The van der Waals surface area contributed by atoms with Crippen LogP contribution in [0.5, 0.6) is 0 Å². The van der Waals surface area contributed by atoms with Gasteiger partial charge < -0.3 is 4.57 Å². The number of anilines is 1. The fourth-order valence-electron chi connectivity index (χ4n) is 3.09. The molecule has 0 aliphatic rings. The number of benzene rings is 2. The van der Waals surface area contributed by atoms with Crippen molar-refractivity contribution in [3.05, 3.63) is 66.0 Å². The van der Waals surface area contributed by atoms with Gasteiger partial charge in [-0.1, -0.05) is 19.1 Å². The molecule has 0 bridgehead atoms. The molecule has 0 atom stereocenters. The SMILES string of the molecule is CCCn1c(NC(=O)c2nc(C)n(-c3ccc(F)cc3)n2)nc2ccccc21. The summed E-state index contributed by atoms with van der Waals surface area (Å²) >= 11 is 0. The third-order valence-corrected chi connectivity index (χ3v) is 4.37. The normalized spacial score (nSPS) is 11.1. The van der Waals surface area contributed by atoms with Crippen molar-refractivity contribution >= 4 is 22.9 Å². The summed E-state index contributed by atoms with van der Waals surface area (Å²) in [7, 11) is 0. The molecule has 1 N–H and O–H groups in total. The summed E-state index contributed by atoms with van der Waals surface area (Å²) in [5.41, 5.74) is 2.40. The summed E-state index contributed by atoms with van der Waals surface area (Å²) in [5.74, 6) is 0.227. The third-order valence-electron chi connectivity index (χ3n) is 4.37. The Labute approximate surface area is 160 Å². The van der Waals surface area contributed by atoms with Gasteiger partial charge in [-0.25, -0.2) is 19.0 Å². The van der Waals surface area contributed by atoms with Crippen LogP contribution in [-0.2, 0) is 6.54 Å². The average molecular weight is 378 g/mol. The molecule has 2 aromatic heterocycles. The molecule has 0 saturated carbocycles. The number of fused-ring (bicyclic) bond motifs is 1. The summed E-state index contributed by atoms with van der Waals surface area (Å²) in [6, 6.07) is 13.6. The first-order chi connectivity index (χ1) is 13.6. The van der Waals surface area contributed by atoms with Crippen molar-refractivity contribution in [1.29, 1.82) is 0 Å². The number of para-hydroxylation sites is 2.